The van der Waals surface area contributed by atoms with Gasteiger partial charge in [0, 0.05) is 10.1 Å². The van der Waals surface area contributed by atoms with E-state index in [4.69, 9.17) is 14.9 Å². The molecule has 4 nitrogen and oxygen atoms in total. The summed E-state index contributed by atoms with van der Waals surface area (Å²) < 4.78 is 12.3. The van der Waals surface area contributed by atoms with Gasteiger partial charge in [-0.2, -0.15) is 5.26 Å². The van der Waals surface area contributed by atoms with E-state index in [0.717, 1.165) is 20.7 Å². The molecule has 21 heavy (non-hydrogen) atoms. The van der Waals surface area contributed by atoms with Crippen molar-refractivity contribution in [2.75, 3.05) is 0 Å². The molecule has 5 heteroatoms. The zero-order chi connectivity index (χ0) is 14.4. The molecule has 0 bridgehead atoms. The van der Waals surface area contributed by atoms with E-state index in [1.807, 2.05) is 36.4 Å². The highest BCUT2D eigenvalue weighted by molar-refractivity contribution is 7.19. The first-order valence-electron chi connectivity index (χ1n) is 6.42. The maximum Gasteiger partial charge on any atom is 0.205 e. The fourth-order valence-electron chi connectivity index (χ4n) is 2.62. The zero-order valence-electron chi connectivity index (χ0n) is 10.9. The summed E-state index contributed by atoms with van der Waals surface area (Å²) in [6.07, 6.45) is 1.60. The van der Waals surface area contributed by atoms with Crippen molar-refractivity contribution in [3.63, 3.8) is 0 Å². The van der Waals surface area contributed by atoms with Gasteiger partial charge in [-0.25, -0.2) is 0 Å². The van der Waals surface area contributed by atoms with Crippen LogP contribution in [0.1, 0.15) is 16.6 Å². The zero-order valence-corrected chi connectivity index (χ0v) is 11.7. The normalized spacial score (nSPS) is 17.4. The lowest BCUT2D eigenvalue weighted by molar-refractivity contribution is 0.392. The number of nitriles is 1. The first kappa shape index (κ1) is 12.1. The Morgan fingerprint density at radius 3 is 2.81 bits per heavy atom. The second kappa shape index (κ2) is 4.40. The van der Waals surface area contributed by atoms with Crippen molar-refractivity contribution < 1.29 is 9.15 Å². The predicted molar refractivity (Wildman–Crippen MR) is 79.8 cm³/mol. The van der Waals surface area contributed by atoms with Gasteiger partial charge >= 0.3 is 0 Å². The predicted octanol–water partition coefficient (Wildman–Crippen LogP) is 3.71. The summed E-state index contributed by atoms with van der Waals surface area (Å²) in [6.45, 7) is 0. The third kappa shape index (κ3) is 1.66. The van der Waals surface area contributed by atoms with Gasteiger partial charge in [-0.1, -0.05) is 12.1 Å². The van der Waals surface area contributed by atoms with E-state index in [0.29, 0.717) is 11.3 Å². The van der Waals surface area contributed by atoms with Crippen molar-refractivity contribution in [3.8, 4) is 11.8 Å². The van der Waals surface area contributed by atoms with Gasteiger partial charge in [-0.05, 0) is 24.3 Å². The molecule has 4 rings (SSSR count). The van der Waals surface area contributed by atoms with Crippen LogP contribution in [0.25, 0.3) is 10.1 Å². The minimum Gasteiger partial charge on any atom is -0.468 e. The van der Waals surface area contributed by atoms with Gasteiger partial charge in [0.25, 0.3) is 0 Å². The van der Waals surface area contributed by atoms with Crippen molar-refractivity contribution in [2.45, 2.75) is 5.92 Å². The molecule has 0 saturated carbocycles. The summed E-state index contributed by atoms with van der Waals surface area (Å²) in [4.78, 5) is 0.955. The molecular formula is C16H10N2O2S. The lowest BCUT2D eigenvalue weighted by atomic mass is 9.93. The molecule has 102 valence electrons. The molecule has 0 spiro atoms. The molecule has 0 aliphatic carbocycles. The highest BCUT2D eigenvalue weighted by Gasteiger charge is 2.35. The molecule has 2 N–H and O–H groups in total. The van der Waals surface area contributed by atoms with Crippen molar-refractivity contribution in [1.82, 2.24) is 0 Å². The molecule has 0 amide bonds. The summed E-state index contributed by atoms with van der Waals surface area (Å²) >= 11 is 1.60. The van der Waals surface area contributed by atoms with Crippen LogP contribution in [0.3, 0.4) is 0 Å². The number of fused-ring (bicyclic) bond motifs is 3. The van der Waals surface area contributed by atoms with Gasteiger partial charge in [0.15, 0.2) is 5.75 Å². The highest BCUT2D eigenvalue weighted by Crippen LogP contribution is 2.50. The molecule has 1 atom stereocenters. The number of hydrogen-bond donors (Lipinski definition) is 1. The Labute approximate surface area is 124 Å². The first-order chi connectivity index (χ1) is 10.3. The SMILES string of the molecule is N#CC1=C(N)Oc2c(sc3ccccc23)[C@H]1c1ccco1. The number of furan rings is 1. The fraction of sp³-hybridized carbons (Fsp3) is 0.0625. The number of hydrogen-bond acceptors (Lipinski definition) is 5. The van der Waals surface area contributed by atoms with Crippen molar-refractivity contribution in [2.24, 2.45) is 5.73 Å². The molecule has 0 radical (unpaired) electrons. The first-order valence-corrected chi connectivity index (χ1v) is 7.23. The summed E-state index contributed by atoms with van der Waals surface area (Å²) in [6, 6.07) is 13.8. The number of nitrogens with zero attached hydrogens (tertiary/aromatic N) is 1. The van der Waals surface area contributed by atoms with Crippen LogP contribution in [0, 0.1) is 11.3 Å². The van der Waals surface area contributed by atoms with Gasteiger partial charge in [0.1, 0.15) is 17.4 Å². The van der Waals surface area contributed by atoms with Crippen molar-refractivity contribution in [1.29, 1.82) is 5.26 Å². The summed E-state index contributed by atoms with van der Waals surface area (Å²) in [5, 5.41) is 10.4. The van der Waals surface area contributed by atoms with Crippen LogP contribution in [-0.4, -0.2) is 0 Å². The Hall–Kier alpha value is -2.71. The largest absolute Gasteiger partial charge is 0.468 e. The van der Waals surface area contributed by atoms with Gasteiger partial charge in [0.2, 0.25) is 5.88 Å². The molecule has 1 aromatic carbocycles. The monoisotopic (exact) mass is 294 g/mol. The van der Waals surface area contributed by atoms with E-state index in [1.165, 1.54) is 0 Å². The van der Waals surface area contributed by atoms with E-state index in [2.05, 4.69) is 6.07 Å². The maximum atomic E-state index is 9.43. The van der Waals surface area contributed by atoms with E-state index < -0.39 is 0 Å². The molecule has 0 unspecified atom stereocenters. The third-order valence-electron chi connectivity index (χ3n) is 3.55. The van der Waals surface area contributed by atoms with Crippen LogP contribution in [-0.2, 0) is 0 Å². The maximum absolute atomic E-state index is 9.43. The molecule has 0 saturated heterocycles. The van der Waals surface area contributed by atoms with E-state index in [1.54, 1.807) is 17.6 Å². The number of rotatable bonds is 1. The van der Waals surface area contributed by atoms with Gasteiger partial charge < -0.3 is 14.9 Å². The summed E-state index contributed by atoms with van der Waals surface area (Å²) in [7, 11) is 0. The van der Waals surface area contributed by atoms with Crippen molar-refractivity contribution >= 4 is 21.4 Å². The molecule has 3 heterocycles. The molecule has 3 aromatic rings. The van der Waals surface area contributed by atoms with Crippen LogP contribution in [0.4, 0.5) is 0 Å². The number of benzene rings is 1. The number of ether oxygens (including phenoxy) is 1. The number of allylic oxidation sites excluding steroid dienone is 1. The summed E-state index contributed by atoms with van der Waals surface area (Å²) in [5.74, 6) is 1.28. The van der Waals surface area contributed by atoms with Crippen LogP contribution >= 0.6 is 11.3 Å². The molecule has 0 fully saturated rings. The summed E-state index contributed by atoms with van der Waals surface area (Å²) in [5.41, 5.74) is 6.34. The second-order valence-electron chi connectivity index (χ2n) is 4.73. The van der Waals surface area contributed by atoms with Gasteiger partial charge in [0.05, 0.1) is 17.1 Å². The number of thiophene rings is 1. The van der Waals surface area contributed by atoms with E-state index in [-0.39, 0.29) is 11.8 Å². The third-order valence-corrected chi connectivity index (χ3v) is 4.77. The lowest BCUT2D eigenvalue weighted by Gasteiger charge is -2.21. The minimum absolute atomic E-state index is 0.148. The standard InChI is InChI=1S/C16H10N2O2S/c17-8-10-13(11-5-3-7-19-11)15-14(20-16(10)18)9-4-1-2-6-12(9)21-15/h1-7,13H,18H2/t13-/m1/s1. The molecular weight excluding hydrogens is 284 g/mol. The van der Waals surface area contributed by atoms with Crippen LogP contribution in [0.2, 0.25) is 0 Å². The quantitative estimate of drug-likeness (QED) is 0.742. The van der Waals surface area contributed by atoms with E-state index in [9.17, 15) is 5.26 Å². The fourth-order valence-corrected chi connectivity index (χ4v) is 3.87. The van der Waals surface area contributed by atoms with Gasteiger partial charge in [-0.15, -0.1) is 11.3 Å². The topological polar surface area (TPSA) is 72.2 Å². The minimum atomic E-state index is -0.300. The Kier molecular flexibility index (Phi) is 2.53. The van der Waals surface area contributed by atoms with Crippen LogP contribution < -0.4 is 10.5 Å². The Morgan fingerprint density at radius 2 is 2.05 bits per heavy atom. The smallest absolute Gasteiger partial charge is 0.205 e. The Bertz CT molecular complexity index is 900. The average molecular weight is 294 g/mol. The van der Waals surface area contributed by atoms with E-state index >= 15 is 0 Å². The van der Waals surface area contributed by atoms with Crippen molar-refractivity contribution in [3.05, 3.63) is 64.8 Å². The molecule has 1 aliphatic rings. The molecule has 1 aliphatic heterocycles. The number of nitrogens with two attached hydrogens (primary N) is 1. The van der Waals surface area contributed by atoms with Gasteiger partial charge in [-0.3, -0.25) is 0 Å². The van der Waals surface area contributed by atoms with Crippen LogP contribution in [0.5, 0.6) is 5.75 Å². The highest BCUT2D eigenvalue weighted by atomic mass is 32.1. The van der Waals surface area contributed by atoms with Crippen LogP contribution in [0.15, 0.2) is 58.5 Å². The lowest BCUT2D eigenvalue weighted by Crippen LogP contribution is -2.19. The Balaban J connectivity index is 2.03. The Morgan fingerprint density at radius 1 is 1.19 bits per heavy atom. The molecule has 2 aromatic heterocycles. The average Bonchev–Trinajstić information content (AvgIpc) is 3.13. The second-order valence-corrected chi connectivity index (χ2v) is 5.82.